The first-order valence-corrected chi connectivity index (χ1v) is 7.81. The molecule has 1 aliphatic carbocycles. The number of rotatable bonds is 4. The number of primary amides is 1. The third kappa shape index (κ3) is 3.25. The Kier molecular flexibility index (Phi) is 4.04. The lowest BCUT2D eigenvalue weighted by atomic mass is 10.0. The highest BCUT2D eigenvalue weighted by Gasteiger charge is 2.48. The van der Waals surface area contributed by atoms with Gasteiger partial charge >= 0.3 is 6.18 Å². The Morgan fingerprint density at radius 1 is 1.29 bits per heavy atom. The molecule has 0 bridgehead atoms. The molecule has 5 nitrogen and oxygen atoms in total. The predicted octanol–water partition coefficient (Wildman–Crippen LogP) is 3.00. The number of carbonyl (C=O) groups excluding carboxylic acids is 2. The second-order valence-corrected chi connectivity index (χ2v) is 6.45. The van der Waals surface area contributed by atoms with E-state index in [1.807, 2.05) is 0 Å². The molecule has 1 fully saturated rings. The number of anilines is 1. The van der Waals surface area contributed by atoms with E-state index in [0.29, 0.717) is 6.42 Å². The molecule has 1 aromatic carbocycles. The molecule has 2 amide bonds. The zero-order chi connectivity index (χ0) is 17.5. The number of nitrogens with two attached hydrogens (primary N) is 1. The molecule has 0 unspecified atom stereocenters. The number of halogens is 3. The smallest absolute Gasteiger partial charge is 0.365 e. The van der Waals surface area contributed by atoms with Gasteiger partial charge in [0.2, 0.25) is 5.91 Å². The summed E-state index contributed by atoms with van der Waals surface area (Å²) in [6.07, 6.45) is -2.87. The topological polar surface area (TPSA) is 85.1 Å². The highest BCUT2D eigenvalue weighted by molar-refractivity contribution is 7.17. The summed E-state index contributed by atoms with van der Waals surface area (Å²) in [5.74, 6) is -2.09. The summed E-state index contributed by atoms with van der Waals surface area (Å²) < 4.78 is 39.1. The first kappa shape index (κ1) is 16.4. The van der Waals surface area contributed by atoms with Crippen LogP contribution in [0, 0.1) is 5.92 Å². The van der Waals surface area contributed by atoms with Crippen LogP contribution in [0.15, 0.2) is 30.5 Å². The van der Waals surface area contributed by atoms with Crippen LogP contribution >= 0.6 is 11.3 Å². The van der Waals surface area contributed by atoms with Crippen LogP contribution in [0.5, 0.6) is 0 Å². The number of alkyl halides is 3. The van der Waals surface area contributed by atoms with Crippen molar-refractivity contribution in [2.24, 2.45) is 11.7 Å². The minimum absolute atomic E-state index is 0.127. The van der Waals surface area contributed by atoms with Gasteiger partial charge in [0.05, 0.1) is 11.8 Å². The zero-order valence-electron chi connectivity index (χ0n) is 12.1. The number of benzene rings is 1. The fraction of sp³-hybridized carbons (Fsp3) is 0.267. The van der Waals surface area contributed by atoms with Gasteiger partial charge in [0.1, 0.15) is 4.88 Å². The average Bonchev–Trinajstić information content (AvgIpc) is 3.18. The molecule has 1 aromatic heterocycles. The van der Waals surface area contributed by atoms with Gasteiger partial charge in [-0.25, -0.2) is 4.98 Å². The Bertz CT molecular complexity index is 803. The van der Waals surface area contributed by atoms with Gasteiger partial charge in [-0.15, -0.1) is 0 Å². The van der Waals surface area contributed by atoms with E-state index < -0.39 is 35.4 Å². The fourth-order valence-corrected chi connectivity index (χ4v) is 3.22. The van der Waals surface area contributed by atoms with Gasteiger partial charge in [-0.1, -0.05) is 29.5 Å². The van der Waals surface area contributed by atoms with Crippen molar-refractivity contribution in [3.8, 4) is 0 Å². The molecular weight excluding hydrogens is 343 g/mol. The van der Waals surface area contributed by atoms with Crippen molar-refractivity contribution >= 4 is 28.3 Å². The summed E-state index contributed by atoms with van der Waals surface area (Å²) in [4.78, 5) is 27.2. The number of hydrogen-bond acceptors (Lipinski definition) is 4. The Hall–Kier alpha value is -2.42. The molecule has 2 atom stereocenters. The SMILES string of the molecule is NC(=O)c1cnc(NC(=O)[C@H]2C[C@H]2c2ccccc2C(F)(F)F)s1. The van der Waals surface area contributed by atoms with E-state index in [0.717, 1.165) is 17.4 Å². The quantitative estimate of drug-likeness (QED) is 0.884. The van der Waals surface area contributed by atoms with Crippen LogP contribution in [0.1, 0.15) is 33.1 Å². The molecule has 1 aliphatic rings. The molecule has 9 heteroatoms. The standard InChI is InChI=1S/C15H12F3N3O2S/c16-15(17,18)10-4-2-1-3-7(10)8-5-9(8)13(23)21-14-20-6-11(24-14)12(19)22/h1-4,6,8-9H,5H2,(H2,19,22)(H,20,21,23)/t8-,9-/m0/s1. The van der Waals surface area contributed by atoms with Crippen LogP contribution in [0.4, 0.5) is 18.3 Å². The second kappa shape index (κ2) is 5.90. The molecule has 0 radical (unpaired) electrons. The normalized spacial score (nSPS) is 19.8. The Morgan fingerprint density at radius 3 is 2.62 bits per heavy atom. The first-order chi connectivity index (χ1) is 11.3. The Labute approximate surface area is 138 Å². The highest BCUT2D eigenvalue weighted by atomic mass is 32.1. The van der Waals surface area contributed by atoms with E-state index >= 15 is 0 Å². The number of hydrogen-bond donors (Lipinski definition) is 2. The predicted molar refractivity (Wildman–Crippen MR) is 81.6 cm³/mol. The molecule has 1 saturated carbocycles. The summed E-state index contributed by atoms with van der Waals surface area (Å²) >= 11 is 0.921. The van der Waals surface area contributed by atoms with Crippen molar-refractivity contribution in [3.05, 3.63) is 46.5 Å². The number of amides is 2. The molecule has 24 heavy (non-hydrogen) atoms. The minimum atomic E-state index is -4.45. The molecule has 3 N–H and O–H groups in total. The summed E-state index contributed by atoms with van der Waals surface area (Å²) in [6, 6.07) is 5.26. The van der Waals surface area contributed by atoms with Crippen molar-refractivity contribution in [2.75, 3.05) is 5.32 Å². The zero-order valence-corrected chi connectivity index (χ0v) is 12.9. The van der Waals surface area contributed by atoms with Gasteiger partial charge in [-0.05, 0) is 24.0 Å². The summed E-state index contributed by atoms with van der Waals surface area (Å²) in [5, 5.41) is 2.71. The Balaban J connectivity index is 1.71. The van der Waals surface area contributed by atoms with Crippen molar-refractivity contribution in [3.63, 3.8) is 0 Å². The molecule has 3 rings (SSSR count). The molecule has 126 valence electrons. The number of nitrogens with one attached hydrogen (secondary N) is 1. The van der Waals surface area contributed by atoms with E-state index in [9.17, 15) is 22.8 Å². The Morgan fingerprint density at radius 2 is 2.00 bits per heavy atom. The molecule has 0 saturated heterocycles. The van der Waals surface area contributed by atoms with Gasteiger partial charge in [-0.2, -0.15) is 13.2 Å². The minimum Gasteiger partial charge on any atom is -0.365 e. The van der Waals surface area contributed by atoms with E-state index in [1.165, 1.54) is 24.4 Å². The third-order valence-electron chi connectivity index (χ3n) is 3.77. The van der Waals surface area contributed by atoms with E-state index in [2.05, 4.69) is 10.3 Å². The van der Waals surface area contributed by atoms with Gasteiger partial charge in [-0.3, -0.25) is 9.59 Å². The van der Waals surface area contributed by atoms with Crippen molar-refractivity contribution in [1.82, 2.24) is 4.98 Å². The molecular formula is C15H12F3N3O2S. The lowest BCUT2D eigenvalue weighted by Gasteiger charge is -2.12. The average molecular weight is 355 g/mol. The number of carbonyl (C=O) groups is 2. The van der Waals surface area contributed by atoms with Crippen LogP contribution in [0.3, 0.4) is 0 Å². The molecule has 2 aromatic rings. The number of thiazole rings is 1. The molecule has 0 aliphatic heterocycles. The van der Waals surface area contributed by atoms with E-state index in [1.54, 1.807) is 0 Å². The fourth-order valence-electron chi connectivity index (χ4n) is 2.55. The molecule has 0 spiro atoms. The maximum absolute atomic E-state index is 13.0. The van der Waals surface area contributed by atoms with Gasteiger partial charge < -0.3 is 11.1 Å². The van der Waals surface area contributed by atoms with Gasteiger partial charge in [0.25, 0.3) is 5.91 Å². The van der Waals surface area contributed by atoms with Gasteiger partial charge in [0, 0.05) is 5.92 Å². The molecule has 1 heterocycles. The lowest BCUT2D eigenvalue weighted by Crippen LogP contribution is -2.15. The van der Waals surface area contributed by atoms with Crippen LogP contribution in [-0.2, 0) is 11.0 Å². The number of nitrogens with zero attached hydrogens (tertiary/aromatic N) is 1. The summed E-state index contributed by atoms with van der Waals surface area (Å²) in [5.41, 5.74) is 4.51. The third-order valence-corrected chi connectivity index (χ3v) is 4.70. The first-order valence-electron chi connectivity index (χ1n) is 7.00. The van der Waals surface area contributed by atoms with Crippen LogP contribution in [0.25, 0.3) is 0 Å². The van der Waals surface area contributed by atoms with Crippen LogP contribution < -0.4 is 11.1 Å². The highest BCUT2D eigenvalue weighted by Crippen LogP contribution is 2.51. The van der Waals surface area contributed by atoms with Crippen molar-refractivity contribution in [1.29, 1.82) is 0 Å². The maximum atomic E-state index is 13.0. The maximum Gasteiger partial charge on any atom is 0.416 e. The monoisotopic (exact) mass is 355 g/mol. The van der Waals surface area contributed by atoms with E-state index in [4.69, 9.17) is 5.73 Å². The van der Waals surface area contributed by atoms with Crippen LogP contribution in [-0.4, -0.2) is 16.8 Å². The number of aromatic nitrogens is 1. The largest absolute Gasteiger partial charge is 0.416 e. The lowest BCUT2D eigenvalue weighted by molar-refractivity contribution is -0.138. The van der Waals surface area contributed by atoms with Crippen molar-refractivity contribution in [2.45, 2.75) is 18.5 Å². The summed E-state index contributed by atoms with van der Waals surface area (Å²) in [7, 11) is 0. The van der Waals surface area contributed by atoms with Gasteiger partial charge in [0.15, 0.2) is 5.13 Å². The summed E-state index contributed by atoms with van der Waals surface area (Å²) in [6.45, 7) is 0. The van der Waals surface area contributed by atoms with Crippen LogP contribution in [0.2, 0.25) is 0 Å². The second-order valence-electron chi connectivity index (χ2n) is 5.42. The van der Waals surface area contributed by atoms with Crippen molar-refractivity contribution < 1.29 is 22.8 Å². The van der Waals surface area contributed by atoms with E-state index in [-0.39, 0.29) is 15.6 Å².